The number of carbonyl (C=O) groups is 1. The first-order valence-corrected chi connectivity index (χ1v) is 6.17. The van der Waals surface area contributed by atoms with Crippen molar-refractivity contribution in [3.63, 3.8) is 0 Å². The highest BCUT2D eigenvalue weighted by atomic mass is 35.5. The fourth-order valence-electron chi connectivity index (χ4n) is 2.12. The third kappa shape index (κ3) is 5.14. The molecule has 6 heteroatoms. The first kappa shape index (κ1) is 15.9. The van der Waals surface area contributed by atoms with E-state index in [1.165, 1.54) is 12.1 Å². The standard InChI is InChI=1S/C13H18FN3O.ClH/c14-10-2-1-3-12(8-10)16-13(18)5-7-17-6-4-11(15)9-17;/h1-3,8,11H,4-7,9,15H2,(H,16,18);1H. The second-order valence-electron chi connectivity index (χ2n) is 4.66. The zero-order valence-electron chi connectivity index (χ0n) is 10.6. The number of anilines is 1. The molecule has 0 spiro atoms. The van der Waals surface area contributed by atoms with Crippen LogP contribution in [-0.2, 0) is 4.79 Å². The van der Waals surface area contributed by atoms with Crippen LogP contribution in [0.5, 0.6) is 0 Å². The van der Waals surface area contributed by atoms with Crippen LogP contribution >= 0.6 is 12.4 Å². The lowest BCUT2D eigenvalue weighted by Gasteiger charge is -2.14. The van der Waals surface area contributed by atoms with E-state index in [9.17, 15) is 9.18 Å². The van der Waals surface area contributed by atoms with Crippen LogP contribution in [0.1, 0.15) is 12.8 Å². The Morgan fingerprint density at radius 1 is 1.53 bits per heavy atom. The molecule has 1 atom stereocenters. The molecule has 1 fully saturated rings. The van der Waals surface area contributed by atoms with Crippen LogP contribution in [0.25, 0.3) is 0 Å². The van der Waals surface area contributed by atoms with Gasteiger partial charge in [0.25, 0.3) is 0 Å². The van der Waals surface area contributed by atoms with Crippen molar-refractivity contribution in [1.29, 1.82) is 0 Å². The number of carbonyl (C=O) groups excluding carboxylic acids is 1. The minimum atomic E-state index is -0.349. The minimum Gasteiger partial charge on any atom is -0.326 e. The number of nitrogens with one attached hydrogen (secondary N) is 1. The summed E-state index contributed by atoms with van der Waals surface area (Å²) < 4.78 is 12.9. The lowest BCUT2D eigenvalue weighted by molar-refractivity contribution is -0.116. The number of rotatable bonds is 4. The van der Waals surface area contributed by atoms with E-state index in [0.717, 1.165) is 19.5 Å². The molecule has 0 bridgehead atoms. The second kappa shape index (κ2) is 7.43. The number of halogens is 2. The smallest absolute Gasteiger partial charge is 0.225 e. The highest BCUT2D eigenvalue weighted by molar-refractivity contribution is 5.90. The highest BCUT2D eigenvalue weighted by Crippen LogP contribution is 2.10. The van der Waals surface area contributed by atoms with Crippen LogP contribution < -0.4 is 11.1 Å². The van der Waals surface area contributed by atoms with Gasteiger partial charge in [-0.15, -0.1) is 12.4 Å². The summed E-state index contributed by atoms with van der Waals surface area (Å²) in [5.74, 6) is -0.445. The molecule has 1 amide bonds. The maximum Gasteiger partial charge on any atom is 0.225 e. The van der Waals surface area contributed by atoms with Gasteiger partial charge in [0.2, 0.25) is 5.91 Å². The molecule has 0 aliphatic carbocycles. The molecule has 3 N–H and O–H groups in total. The number of likely N-dealkylation sites (tertiary alicyclic amines) is 1. The van der Waals surface area contributed by atoms with Gasteiger partial charge in [-0.2, -0.15) is 0 Å². The normalized spacial score (nSPS) is 18.9. The van der Waals surface area contributed by atoms with Crippen LogP contribution in [0.15, 0.2) is 24.3 Å². The highest BCUT2D eigenvalue weighted by Gasteiger charge is 2.19. The molecule has 1 heterocycles. The van der Waals surface area contributed by atoms with Crippen molar-refractivity contribution in [3.05, 3.63) is 30.1 Å². The van der Waals surface area contributed by atoms with E-state index in [2.05, 4.69) is 10.2 Å². The molecule has 19 heavy (non-hydrogen) atoms. The Morgan fingerprint density at radius 2 is 2.32 bits per heavy atom. The molecule has 1 aliphatic heterocycles. The number of nitrogens with zero attached hydrogens (tertiary/aromatic N) is 1. The Hall–Kier alpha value is -1.17. The molecule has 1 aromatic carbocycles. The van der Waals surface area contributed by atoms with E-state index in [0.29, 0.717) is 18.7 Å². The van der Waals surface area contributed by atoms with Gasteiger partial charge in [-0.05, 0) is 31.2 Å². The summed E-state index contributed by atoms with van der Waals surface area (Å²) in [6, 6.07) is 6.14. The third-order valence-electron chi connectivity index (χ3n) is 3.07. The second-order valence-corrected chi connectivity index (χ2v) is 4.66. The summed E-state index contributed by atoms with van der Waals surface area (Å²) in [5.41, 5.74) is 6.29. The van der Waals surface area contributed by atoms with E-state index >= 15 is 0 Å². The van der Waals surface area contributed by atoms with Gasteiger partial charge >= 0.3 is 0 Å². The molecular weight excluding hydrogens is 269 g/mol. The predicted molar refractivity (Wildman–Crippen MR) is 75.9 cm³/mol. The first-order chi connectivity index (χ1) is 8.63. The molecule has 1 unspecified atom stereocenters. The molecular formula is C13H19ClFN3O. The van der Waals surface area contributed by atoms with Crippen molar-refractivity contribution in [3.8, 4) is 0 Å². The zero-order valence-corrected chi connectivity index (χ0v) is 11.5. The van der Waals surface area contributed by atoms with Crippen molar-refractivity contribution in [2.75, 3.05) is 25.0 Å². The fraction of sp³-hybridized carbons (Fsp3) is 0.462. The molecule has 106 valence electrons. The van der Waals surface area contributed by atoms with E-state index in [-0.39, 0.29) is 30.2 Å². The number of nitrogens with two attached hydrogens (primary N) is 1. The van der Waals surface area contributed by atoms with Gasteiger partial charge < -0.3 is 16.0 Å². The predicted octanol–water partition coefficient (Wildman–Crippen LogP) is 1.61. The number of hydrogen-bond donors (Lipinski definition) is 2. The van der Waals surface area contributed by atoms with Crippen LogP contribution in [0.3, 0.4) is 0 Å². The minimum absolute atomic E-state index is 0. The van der Waals surface area contributed by atoms with Crippen molar-refractivity contribution in [2.45, 2.75) is 18.9 Å². The topological polar surface area (TPSA) is 58.4 Å². The molecule has 1 aromatic rings. The van der Waals surface area contributed by atoms with Crippen LogP contribution in [0.2, 0.25) is 0 Å². The molecule has 1 aliphatic rings. The van der Waals surface area contributed by atoms with Gasteiger partial charge in [-0.3, -0.25) is 4.79 Å². The maximum atomic E-state index is 12.9. The van der Waals surface area contributed by atoms with Crippen molar-refractivity contribution in [1.82, 2.24) is 4.90 Å². The summed E-state index contributed by atoms with van der Waals surface area (Å²) in [6.45, 7) is 2.51. The van der Waals surface area contributed by atoms with E-state index < -0.39 is 0 Å². The van der Waals surface area contributed by atoms with Crippen molar-refractivity contribution < 1.29 is 9.18 Å². The number of amides is 1. The van der Waals surface area contributed by atoms with E-state index in [4.69, 9.17) is 5.73 Å². The van der Waals surface area contributed by atoms with Gasteiger partial charge in [-0.1, -0.05) is 6.07 Å². The van der Waals surface area contributed by atoms with Crippen LogP contribution in [0, 0.1) is 5.82 Å². The molecule has 2 rings (SSSR count). The van der Waals surface area contributed by atoms with Gasteiger partial charge in [0.05, 0.1) is 0 Å². The average Bonchev–Trinajstić information content (AvgIpc) is 2.73. The maximum absolute atomic E-state index is 12.9. The number of hydrogen-bond acceptors (Lipinski definition) is 3. The molecule has 1 saturated heterocycles. The van der Waals surface area contributed by atoms with Gasteiger partial charge in [-0.25, -0.2) is 4.39 Å². The van der Waals surface area contributed by atoms with E-state index in [1.807, 2.05) is 0 Å². The fourth-order valence-corrected chi connectivity index (χ4v) is 2.12. The summed E-state index contributed by atoms with van der Waals surface area (Å²) in [6.07, 6.45) is 1.40. The Morgan fingerprint density at radius 3 is 2.95 bits per heavy atom. The molecule has 0 aromatic heterocycles. The quantitative estimate of drug-likeness (QED) is 0.884. The summed E-state index contributed by atoms with van der Waals surface area (Å²) in [5, 5.41) is 2.68. The summed E-state index contributed by atoms with van der Waals surface area (Å²) in [7, 11) is 0. The zero-order chi connectivity index (χ0) is 13.0. The van der Waals surface area contributed by atoms with Crippen LogP contribution in [0.4, 0.5) is 10.1 Å². The van der Waals surface area contributed by atoms with Crippen molar-refractivity contribution in [2.24, 2.45) is 5.73 Å². The van der Waals surface area contributed by atoms with Gasteiger partial charge in [0.15, 0.2) is 0 Å². The average molecular weight is 288 g/mol. The Kier molecular flexibility index (Phi) is 6.21. The SMILES string of the molecule is Cl.NC1CCN(CCC(=O)Nc2cccc(F)c2)C1. The van der Waals surface area contributed by atoms with Gasteiger partial charge in [0.1, 0.15) is 5.82 Å². The summed E-state index contributed by atoms with van der Waals surface area (Å²) in [4.78, 5) is 13.8. The first-order valence-electron chi connectivity index (χ1n) is 6.17. The Labute approximate surface area is 118 Å². The van der Waals surface area contributed by atoms with Gasteiger partial charge in [0, 0.05) is 31.2 Å². The Bertz CT molecular complexity index is 430. The van der Waals surface area contributed by atoms with Crippen molar-refractivity contribution >= 4 is 24.0 Å². The monoisotopic (exact) mass is 287 g/mol. The number of benzene rings is 1. The van der Waals surface area contributed by atoms with Crippen LogP contribution in [-0.4, -0.2) is 36.5 Å². The molecule has 0 radical (unpaired) electrons. The Balaban J connectivity index is 0.00000180. The third-order valence-corrected chi connectivity index (χ3v) is 3.07. The lowest BCUT2D eigenvalue weighted by atomic mass is 10.3. The van der Waals surface area contributed by atoms with E-state index in [1.54, 1.807) is 12.1 Å². The lowest BCUT2D eigenvalue weighted by Crippen LogP contribution is -2.29. The molecule has 0 saturated carbocycles. The molecule has 4 nitrogen and oxygen atoms in total. The summed E-state index contributed by atoms with van der Waals surface area (Å²) >= 11 is 0. The largest absolute Gasteiger partial charge is 0.326 e.